The molecule has 1 N–H and O–H groups in total. The van der Waals surface area contributed by atoms with Crippen LogP contribution in [0.5, 0.6) is 5.75 Å². The van der Waals surface area contributed by atoms with Crippen LogP contribution in [0.3, 0.4) is 0 Å². The van der Waals surface area contributed by atoms with Crippen LogP contribution in [0.1, 0.15) is 37.8 Å². The Morgan fingerprint density at radius 1 is 1.50 bits per heavy atom. The standard InChI is InChI=1S/C15H20FNO/c1-4-6-7-14(17-10-5-2)12-8-9-15(18-3)13(16)11-12/h1,8-9,11,14,17H,5-7,10H2,2-3H3. The lowest BCUT2D eigenvalue weighted by Gasteiger charge is -2.18. The van der Waals surface area contributed by atoms with Crippen LogP contribution in [0.4, 0.5) is 4.39 Å². The summed E-state index contributed by atoms with van der Waals surface area (Å²) in [5.74, 6) is 2.56. The molecule has 3 heteroatoms. The van der Waals surface area contributed by atoms with Gasteiger partial charge in [0.05, 0.1) is 7.11 Å². The number of halogens is 1. The van der Waals surface area contributed by atoms with E-state index in [1.54, 1.807) is 6.07 Å². The van der Waals surface area contributed by atoms with Crippen LogP contribution in [-0.2, 0) is 0 Å². The first-order valence-electron chi connectivity index (χ1n) is 6.23. The Morgan fingerprint density at radius 3 is 2.83 bits per heavy atom. The Kier molecular flexibility index (Phi) is 6.24. The highest BCUT2D eigenvalue weighted by Crippen LogP contribution is 2.24. The van der Waals surface area contributed by atoms with E-state index in [0.29, 0.717) is 6.42 Å². The molecule has 2 nitrogen and oxygen atoms in total. The number of rotatable bonds is 7. The van der Waals surface area contributed by atoms with E-state index < -0.39 is 0 Å². The van der Waals surface area contributed by atoms with Crippen LogP contribution in [-0.4, -0.2) is 13.7 Å². The normalized spacial score (nSPS) is 11.9. The van der Waals surface area contributed by atoms with Crippen LogP contribution in [0, 0.1) is 18.2 Å². The number of hydrogen-bond acceptors (Lipinski definition) is 2. The molecule has 0 aromatic heterocycles. The first-order valence-corrected chi connectivity index (χ1v) is 6.23. The first-order chi connectivity index (χ1) is 8.72. The van der Waals surface area contributed by atoms with Gasteiger partial charge in [-0.2, -0.15) is 0 Å². The molecule has 0 spiro atoms. The lowest BCUT2D eigenvalue weighted by molar-refractivity contribution is 0.385. The van der Waals surface area contributed by atoms with Gasteiger partial charge in [0.1, 0.15) is 0 Å². The van der Waals surface area contributed by atoms with Gasteiger partial charge in [0.25, 0.3) is 0 Å². The van der Waals surface area contributed by atoms with Crippen molar-refractivity contribution < 1.29 is 9.13 Å². The second kappa shape index (κ2) is 7.73. The van der Waals surface area contributed by atoms with Gasteiger partial charge >= 0.3 is 0 Å². The van der Waals surface area contributed by atoms with Crippen molar-refractivity contribution in [3.63, 3.8) is 0 Å². The van der Waals surface area contributed by atoms with E-state index in [0.717, 1.165) is 24.9 Å². The fourth-order valence-electron chi connectivity index (χ4n) is 1.83. The zero-order valence-corrected chi connectivity index (χ0v) is 11.0. The smallest absolute Gasteiger partial charge is 0.165 e. The number of methoxy groups -OCH3 is 1. The predicted octanol–water partition coefficient (Wildman–Crippen LogP) is 3.29. The highest BCUT2D eigenvalue weighted by Gasteiger charge is 2.12. The summed E-state index contributed by atoms with van der Waals surface area (Å²) in [5, 5.41) is 3.38. The van der Waals surface area contributed by atoms with Gasteiger partial charge < -0.3 is 10.1 Å². The fraction of sp³-hybridized carbons (Fsp3) is 0.467. The molecule has 0 fully saturated rings. The van der Waals surface area contributed by atoms with E-state index in [1.165, 1.54) is 13.2 Å². The van der Waals surface area contributed by atoms with Gasteiger partial charge in [0, 0.05) is 12.5 Å². The molecular formula is C15H20FNO. The molecule has 1 atom stereocenters. The molecule has 0 heterocycles. The van der Waals surface area contributed by atoms with Gasteiger partial charge in [0.15, 0.2) is 11.6 Å². The minimum Gasteiger partial charge on any atom is -0.494 e. The predicted molar refractivity (Wildman–Crippen MR) is 72.1 cm³/mol. The molecule has 18 heavy (non-hydrogen) atoms. The minimum absolute atomic E-state index is 0.0985. The van der Waals surface area contributed by atoms with Crippen LogP contribution in [0.2, 0.25) is 0 Å². The molecule has 1 unspecified atom stereocenters. The van der Waals surface area contributed by atoms with E-state index in [-0.39, 0.29) is 17.6 Å². The summed E-state index contributed by atoms with van der Waals surface area (Å²) in [6.07, 6.45) is 7.80. The lowest BCUT2D eigenvalue weighted by Crippen LogP contribution is -2.22. The van der Waals surface area contributed by atoms with Gasteiger partial charge in [-0.1, -0.05) is 13.0 Å². The third-order valence-electron chi connectivity index (χ3n) is 2.80. The molecule has 1 aromatic carbocycles. The van der Waals surface area contributed by atoms with Gasteiger partial charge in [-0.15, -0.1) is 12.3 Å². The fourth-order valence-corrected chi connectivity index (χ4v) is 1.83. The molecule has 1 aromatic rings. The molecule has 0 aliphatic rings. The van der Waals surface area contributed by atoms with E-state index in [1.807, 2.05) is 6.07 Å². The summed E-state index contributed by atoms with van der Waals surface area (Å²) >= 11 is 0. The summed E-state index contributed by atoms with van der Waals surface area (Å²) in [5.41, 5.74) is 0.914. The molecule has 0 saturated carbocycles. The first kappa shape index (κ1) is 14.5. The number of nitrogens with one attached hydrogen (secondary N) is 1. The molecule has 0 aliphatic carbocycles. The zero-order valence-electron chi connectivity index (χ0n) is 11.0. The monoisotopic (exact) mass is 249 g/mol. The average molecular weight is 249 g/mol. The van der Waals surface area contributed by atoms with E-state index >= 15 is 0 Å². The summed E-state index contributed by atoms with van der Waals surface area (Å²) < 4.78 is 18.6. The van der Waals surface area contributed by atoms with Crippen molar-refractivity contribution in [3.8, 4) is 18.1 Å². The van der Waals surface area contributed by atoms with Gasteiger partial charge in [-0.3, -0.25) is 0 Å². The molecule has 0 bridgehead atoms. The largest absolute Gasteiger partial charge is 0.494 e. The number of benzene rings is 1. The van der Waals surface area contributed by atoms with E-state index in [2.05, 4.69) is 18.2 Å². The zero-order chi connectivity index (χ0) is 13.4. The molecule has 1 rings (SSSR count). The maximum absolute atomic E-state index is 13.7. The molecule has 0 amide bonds. The van der Waals surface area contributed by atoms with Gasteiger partial charge in [-0.05, 0) is 37.1 Å². The SMILES string of the molecule is C#CCCC(NCCC)c1ccc(OC)c(F)c1. The second-order valence-electron chi connectivity index (χ2n) is 4.14. The second-order valence-corrected chi connectivity index (χ2v) is 4.14. The van der Waals surface area contributed by atoms with Crippen molar-refractivity contribution in [3.05, 3.63) is 29.6 Å². The van der Waals surface area contributed by atoms with Crippen LogP contribution >= 0.6 is 0 Å². The Balaban J connectivity index is 2.83. The third kappa shape index (κ3) is 4.05. The Hall–Kier alpha value is -1.53. The highest BCUT2D eigenvalue weighted by atomic mass is 19.1. The summed E-state index contributed by atoms with van der Waals surface area (Å²) in [4.78, 5) is 0. The van der Waals surface area contributed by atoms with Crippen molar-refractivity contribution in [1.82, 2.24) is 5.32 Å². The topological polar surface area (TPSA) is 21.3 Å². The maximum atomic E-state index is 13.7. The summed E-state index contributed by atoms with van der Waals surface area (Å²) in [6, 6.07) is 5.15. The molecule has 0 radical (unpaired) electrons. The van der Waals surface area contributed by atoms with E-state index in [4.69, 9.17) is 11.2 Å². The third-order valence-corrected chi connectivity index (χ3v) is 2.80. The minimum atomic E-state index is -0.334. The summed E-state index contributed by atoms with van der Waals surface area (Å²) in [7, 11) is 1.46. The Bertz CT molecular complexity index is 411. The van der Waals surface area contributed by atoms with Gasteiger partial charge in [-0.25, -0.2) is 4.39 Å². The quantitative estimate of drug-likeness (QED) is 0.749. The van der Waals surface area contributed by atoms with Crippen LogP contribution in [0.25, 0.3) is 0 Å². The van der Waals surface area contributed by atoms with Crippen molar-refractivity contribution >= 4 is 0 Å². The average Bonchev–Trinajstić information content (AvgIpc) is 2.39. The maximum Gasteiger partial charge on any atom is 0.165 e. The molecule has 98 valence electrons. The highest BCUT2D eigenvalue weighted by molar-refractivity contribution is 5.31. The Labute approximate surface area is 109 Å². The number of ether oxygens (including phenoxy) is 1. The van der Waals surface area contributed by atoms with Crippen LogP contribution < -0.4 is 10.1 Å². The van der Waals surface area contributed by atoms with E-state index in [9.17, 15) is 4.39 Å². The van der Waals surface area contributed by atoms with Crippen molar-refractivity contribution in [2.45, 2.75) is 32.2 Å². The molecule has 0 aliphatic heterocycles. The molecular weight excluding hydrogens is 229 g/mol. The lowest BCUT2D eigenvalue weighted by atomic mass is 10.0. The van der Waals surface area contributed by atoms with Crippen molar-refractivity contribution in [2.24, 2.45) is 0 Å². The van der Waals surface area contributed by atoms with Crippen molar-refractivity contribution in [1.29, 1.82) is 0 Å². The van der Waals surface area contributed by atoms with Gasteiger partial charge in [0.2, 0.25) is 0 Å². The van der Waals surface area contributed by atoms with Crippen LogP contribution in [0.15, 0.2) is 18.2 Å². The summed E-state index contributed by atoms with van der Waals surface area (Å²) in [6.45, 7) is 2.99. The Morgan fingerprint density at radius 2 is 2.28 bits per heavy atom. The number of terminal acetylenes is 1. The van der Waals surface area contributed by atoms with Crippen molar-refractivity contribution in [2.75, 3.05) is 13.7 Å². The molecule has 0 saturated heterocycles. The number of hydrogen-bond donors (Lipinski definition) is 1.